The van der Waals surface area contributed by atoms with Crippen molar-refractivity contribution < 1.29 is 19.1 Å². The van der Waals surface area contributed by atoms with E-state index in [0.29, 0.717) is 31.1 Å². The number of allylic oxidation sites excluding steroid dienone is 1. The van der Waals surface area contributed by atoms with Gasteiger partial charge in [0.05, 0.1) is 31.0 Å². The fraction of sp³-hybridized carbons (Fsp3) is 0.321. The molecule has 0 saturated carbocycles. The van der Waals surface area contributed by atoms with Crippen LogP contribution in [0, 0.1) is 5.41 Å². The van der Waals surface area contributed by atoms with E-state index in [9.17, 15) is 9.59 Å². The Hall–Kier alpha value is -3.71. The first-order valence-corrected chi connectivity index (χ1v) is 11.8. The van der Waals surface area contributed by atoms with Crippen LogP contribution in [-0.2, 0) is 9.47 Å². The van der Waals surface area contributed by atoms with E-state index in [-0.39, 0.29) is 11.2 Å². The largest absolute Gasteiger partial charge is 0.449 e. The molecule has 2 heterocycles. The number of pyridine rings is 1. The standard InChI is InChI=1S/C28H31N3O4/c1-28(2,3)19-35-27(33)30-21-10-8-20(9-11-21)26(32)13-12-22-18-25(31-14-16-34-17-15-31)23-6-4-5-7-24(23)29-22/h4-13,18H,14-17,19H2,1-3H3,(H,30,33). The molecule has 1 aliphatic rings. The van der Waals surface area contributed by atoms with Gasteiger partial charge in [0.15, 0.2) is 5.78 Å². The van der Waals surface area contributed by atoms with Crippen LogP contribution in [0.4, 0.5) is 16.2 Å². The molecule has 1 aliphatic heterocycles. The molecule has 0 bridgehead atoms. The van der Waals surface area contributed by atoms with Gasteiger partial charge in [-0.3, -0.25) is 10.1 Å². The van der Waals surface area contributed by atoms with Gasteiger partial charge in [-0.1, -0.05) is 39.0 Å². The number of fused-ring (bicyclic) bond motifs is 1. The van der Waals surface area contributed by atoms with E-state index in [0.717, 1.165) is 35.4 Å². The third-order valence-corrected chi connectivity index (χ3v) is 5.52. The first-order chi connectivity index (χ1) is 16.8. The molecule has 0 spiro atoms. The number of carbonyl (C=O) groups is 2. The molecule has 0 atom stereocenters. The lowest BCUT2D eigenvalue weighted by atomic mass is 9.99. The summed E-state index contributed by atoms with van der Waals surface area (Å²) in [6, 6.07) is 16.8. The number of hydrogen-bond acceptors (Lipinski definition) is 6. The van der Waals surface area contributed by atoms with E-state index in [1.165, 1.54) is 6.08 Å². The minimum Gasteiger partial charge on any atom is -0.449 e. The molecule has 7 nitrogen and oxygen atoms in total. The molecular formula is C28H31N3O4. The van der Waals surface area contributed by atoms with Gasteiger partial charge in [0, 0.05) is 35.4 Å². The fourth-order valence-electron chi connectivity index (χ4n) is 3.74. The number of anilines is 2. The quantitative estimate of drug-likeness (QED) is 0.373. The lowest BCUT2D eigenvalue weighted by Crippen LogP contribution is -2.36. The van der Waals surface area contributed by atoms with Crippen LogP contribution in [0.2, 0.25) is 0 Å². The van der Waals surface area contributed by atoms with Gasteiger partial charge in [0.2, 0.25) is 0 Å². The molecule has 7 heteroatoms. The molecule has 4 rings (SSSR count). The Balaban J connectivity index is 1.45. The third kappa shape index (κ3) is 6.67. The number of morpholine rings is 1. The maximum absolute atomic E-state index is 12.8. The summed E-state index contributed by atoms with van der Waals surface area (Å²) in [6.07, 6.45) is 2.76. The Kier molecular flexibility index (Phi) is 7.46. The Bertz CT molecular complexity index is 1220. The van der Waals surface area contributed by atoms with Gasteiger partial charge in [0.25, 0.3) is 0 Å². The van der Waals surface area contributed by atoms with E-state index in [1.54, 1.807) is 30.3 Å². The smallest absolute Gasteiger partial charge is 0.411 e. The van der Waals surface area contributed by atoms with Crippen molar-refractivity contribution in [2.45, 2.75) is 20.8 Å². The van der Waals surface area contributed by atoms with Crippen LogP contribution >= 0.6 is 0 Å². The monoisotopic (exact) mass is 473 g/mol. The molecular weight excluding hydrogens is 442 g/mol. The lowest BCUT2D eigenvalue weighted by Gasteiger charge is -2.30. The van der Waals surface area contributed by atoms with Crippen molar-refractivity contribution in [1.82, 2.24) is 4.98 Å². The van der Waals surface area contributed by atoms with Crippen LogP contribution in [-0.4, -0.2) is 49.8 Å². The number of carbonyl (C=O) groups excluding carboxylic acids is 2. The van der Waals surface area contributed by atoms with Crippen molar-refractivity contribution in [2.75, 3.05) is 43.1 Å². The minimum atomic E-state index is -0.516. The Morgan fingerprint density at radius 3 is 2.51 bits per heavy atom. The zero-order valence-corrected chi connectivity index (χ0v) is 20.4. The second-order valence-electron chi connectivity index (χ2n) is 9.72. The van der Waals surface area contributed by atoms with Gasteiger partial charge < -0.3 is 14.4 Å². The minimum absolute atomic E-state index is 0.108. The topological polar surface area (TPSA) is 80.8 Å². The number of rotatable bonds is 6. The number of nitrogens with one attached hydrogen (secondary N) is 1. The van der Waals surface area contributed by atoms with Crippen molar-refractivity contribution in [3.63, 3.8) is 0 Å². The summed E-state index contributed by atoms with van der Waals surface area (Å²) in [7, 11) is 0. The van der Waals surface area contributed by atoms with Crippen molar-refractivity contribution in [1.29, 1.82) is 0 Å². The summed E-state index contributed by atoms with van der Waals surface area (Å²) in [5, 5.41) is 3.76. The number of para-hydroxylation sites is 1. The van der Waals surface area contributed by atoms with E-state index < -0.39 is 6.09 Å². The second kappa shape index (κ2) is 10.7. The summed E-state index contributed by atoms with van der Waals surface area (Å²) in [4.78, 5) is 31.7. The number of aromatic nitrogens is 1. The van der Waals surface area contributed by atoms with Crippen LogP contribution in [0.1, 0.15) is 36.8 Å². The van der Waals surface area contributed by atoms with Gasteiger partial charge in [-0.25, -0.2) is 9.78 Å². The molecule has 1 amide bonds. The van der Waals surface area contributed by atoms with E-state index in [1.807, 2.05) is 45.0 Å². The molecule has 1 aromatic heterocycles. The Morgan fingerprint density at radius 2 is 1.80 bits per heavy atom. The number of benzene rings is 2. The zero-order chi connectivity index (χ0) is 24.8. The molecule has 2 aromatic carbocycles. The molecule has 1 saturated heterocycles. The number of ketones is 1. The summed E-state index contributed by atoms with van der Waals surface area (Å²) in [5.74, 6) is -0.144. The predicted molar refractivity (Wildman–Crippen MR) is 139 cm³/mol. The third-order valence-electron chi connectivity index (χ3n) is 5.52. The van der Waals surface area contributed by atoms with Gasteiger partial charge in [0.1, 0.15) is 0 Å². The highest BCUT2D eigenvalue weighted by molar-refractivity contribution is 6.07. The van der Waals surface area contributed by atoms with Crippen LogP contribution in [0.5, 0.6) is 0 Å². The Labute approximate surface area is 205 Å². The highest BCUT2D eigenvalue weighted by atomic mass is 16.5. The van der Waals surface area contributed by atoms with Crippen LogP contribution < -0.4 is 10.2 Å². The molecule has 182 valence electrons. The van der Waals surface area contributed by atoms with E-state index >= 15 is 0 Å². The summed E-state index contributed by atoms with van der Waals surface area (Å²) in [5.41, 5.74) is 3.68. The van der Waals surface area contributed by atoms with Gasteiger partial charge in [-0.2, -0.15) is 0 Å². The first-order valence-electron chi connectivity index (χ1n) is 11.8. The average Bonchev–Trinajstić information content (AvgIpc) is 2.86. The van der Waals surface area contributed by atoms with Crippen molar-refractivity contribution in [3.8, 4) is 0 Å². The van der Waals surface area contributed by atoms with Crippen LogP contribution in [0.25, 0.3) is 17.0 Å². The van der Waals surface area contributed by atoms with Gasteiger partial charge in [-0.05, 0) is 54.0 Å². The van der Waals surface area contributed by atoms with Crippen molar-refractivity contribution in [2.24, 2.45) is 5.41 Å². The average molecular weight is 474 g/mol. The van der Waals surface area contributed by atoms with Gasteiger partial charge in [-0.15, -0.1) is 0 Å². The second-order valence-corrected chi connectivity index (χ2v) is 9.72. The normalized spacial score (nSPS) is 14.3. The first kappa shape index (κ1) is 24.4. The molecule has 0 aliphatic carbocycles. The molecule has 1 N–H and O–H groups in total. The number of nitrogens with zero attached hydrogens (tertiary/aromatic N) is 2. The summed E-state index contributed by atoms with van der Waals surface area (Å²) in [6.45, 7) is 9.32. The van der Waals surface area contributed by atoms with Crippen LogP contribution in [0.15, 0.2) is 60.7 Å². The Morgan fingerprint density at radius 1 is 1.09 bits per heavy atom. The number of amides is 1. The van der Waals surface area contributed by atoms with E-state index in [2.05, 4.69) is 16.3 Å². The van der Waals surface area contributed by atoms with Crippen molar-refractivity contribution in [3.05, 3.63) is 71.9 Å². The zero-order valence-electron chi connectivity index (χ0n) is 20.4. The SMILES string of the molecule is CC(C)(C)COC(=O)Nc1ccc(C(=O)C=Cc2cc(N3CCOCC3)c3ccccc3n2)cc1. The molecule has 35 heavy (non-hydrogen) atoms. The van der Waals surface area contributed by atoms with Gasteiger partial charge >= 0.3 is 6.09 Å². The maximum Gasteiger partial charge on any atom is 0.411 e. The maximum atomic E-state index is 12.8. The highest BCUT2D eigenvalue weighted by Crippen LogP contribution is 2.28. The predicted octanol–water partition coefficient (Wildman–Crippen LogP) is 5.56. The van der Waals surface area contributed by atoms with Crippen molar-refractivity contribution >= 4 is 40.2 Å². The lowest BCUT2D eigenvalue weighted by molar-refractivity contribution is 0.104. The molecule has 0 unspecified atom stereocenters. The summed E-state index contributed by atoms with van der Waals surface area (Å²) < 4.78 is 10.7. The molecule has 3 aromatic rings. The fourth-order valence-corrected chi connectivity index (χ4v) is 3.74. The molecule has 0 radical (unpaired) electrons. The number of hydrogen-bond donors (Lipinski definition) is 1. The van der Waals surface area contributed by atoms with E-state index in [4.69, 9.17) is 14.5 Å². The van der Waals surface area contributed by atoms with Crippen LogP contribution in [0.3, 0.4) is 0 Å². The highest BCUT2D eigenvalue weighted by Gasteiger charge is 2.16. The molecule has 1 fully saturated rings. The summed E-state index contributed by atoms with van der Waals surface area (Å²) >= 11 is 0. The number of ether oxygens (including phenoxy) is 2.